The number of halogens is 1. The first-order chi connectivity index (χ1) is 5.04. The van der Waals surface area contributed by atoms with Gasteiger partial charge < -0.3 is 5.73 Å². The van der Waals surface area contributed by atoms with Gasteiger partial charge in [-0.1, -0.05) is 0 Å². The van der Waals surface area contributed by atoms with Gasteiger partial charge in [-0.3, -0.25) is 14.4 Å². The van der Waals surface area contributed by atoms with Gasteiger partial charge in [0.2, 0.25) is 5.91 Å². The number of hydrogen-bond donors (Lipinski definition) is 2. The molecule has 1 atom stereocenters. The van der Waals surface area contributed by atoms with E-state index in [1.54, 1.807) is 0 Å². The summed E-state index contributed by atoms with van der Waals surface area (Å²) in [6.07, 6.45) is 0. The molecule has 0 saturated heterocycles. The van der Waals surface area contributed by atoms with E-state index in [2.05, 4.69) is 4.84 Å². The number of carbonyl (C=O) groups excluding carboxylic acids is 2. The van der Waals surface area contributed by atoms with Crippen LogP contribution in [0.15, 0.2) is 0 Å². The number of rotatable bonds is 4. The van der Waals surface area contributed by atoms with Gasteiger partial charge in [-0.05, 0) is 6.92 Å². The lowest BCUT2D eigenvalue weighted by Gasteiger charge is -2.03. The molecule has 0 aromatic rings. The van der Waals surface area contributed by atoms with Crippen molar-refractivity contribution in [1.82, 2.24) is 5.48 Å². The Morgan fingerprint density at radius 3 is 2.64 bits per heavy atom. The van der Waals surface area contributed by atoms with Crippen molar-refractivity contribution in [2.75, 3.05) is 6.61 Å². The number of carbonyl (C=O) groups is 2. The van der Waals surface area contributed by atoms with Gasteiger partial charge in [0.05, 0.1) is 0 Å². The molecule has 64 valence electrons. The maximum absolute atomic E-state index is 10.6. The first-order valence-electron chi connectivity index (χ1n) is 2.88. The van der Waals surface area contributed by atoms with Gasteiger partial charge in [0.1, 0.15) is 5.38 Å². The Hall–Kier alpha value is -0.810. The number of nitrogens with one attached hydrogen (secondary N) is 1. The molecule has 0 radical (unpaired) electrons. The number of nitrogens with two attached hydrogens (primary N) is 1. The van der Waals surface area contributed by atoms with Crippen LogP contribution in [0.5, 0.6) is 0 Å². The van der Waals surface area contributed by atoms with Crippen LogP contribution in [0.3, 0.4) is 0 Å². The molecule has 0 saturated carbocycles. The van der Waals surface area contributed by atoms with Gasteiger partial charge >= 0.3 is 0 Å². The lowest BCUT2D eigenvalue weighted by atomic mass is 10.5. The monoisotopic (exact) mass is 180 g/mol. The SMILES string of the molecule is CC(Cl)C(=O)NOCC(N)=O. The Balaban J connectivity index is 3.39. The highest BCUT2D eigenvalue weighted by molar-refractivity contribution is 6.30. The number of amides is 2. The van der Waals surface area contributed by atoms with Gasteiger partial charge in [-0.25, -0.2) is 5.48 Å². The summed E-state index contributed by atoms with van der Waals surface area (Å²) < 4.78 is 0. The van der Waals surface area contributed by atoms with Gasteiger partial charge in [0, 0.05) is 0 Å². The molecule has 2 amide bonds. The molecule has 0 aliphatic heterocycles. The van der Waals surface area contributed by atoms with E-state index in [9.17, 15) is 9.59 Å². The second kappa shape index (κ2) is 4.92. The number of primary amides is 1. The standard InChI is InChI=1S/C5H9ClN2O3/c1-3(6)5(10)8-11-2-4(7)9/h3H,2H2,1H3,(H2,7,9)(H,8,10). The van der Waals surface area contributed by atoms with Crippen LogP contribution in [0.25, 0.3) is 0 Å². The molecule has 6 heteroatoms. The summed E-state index contributed by atoms with van der Waals surface area (Å²) in [5.74, 6) is -1.17. The largest absolute Gasteiger partial charge is 0.368 e. The predicted molar refractivity (Wildman–Crippen MR) is 38.6 cm³/mol. The van der Waals surface area contributed by atoms with E-state index in [4.69, 9.17) is 17.3 Å². The van der Waals surface area contributed by atoms with Gasteiger partial charge in [0.15, 0.2) is 6.61 Å². The molecule has 0 spiro atoms. The summed E-state index contributed by atoms with van der Waals surface area (Å²) in [7, 11) is 0. The number of hydrogen-bond acceptors (Lipinski definition) is 3. The molecule has 0 heterocycles. The molecular formula is C5H9ClN2O3. The first-order valence-corrected chi connectivity index (χ1v) is 3.31. The van der Waals surface area contributed by atoms with Crippen molar-refractivity contribution in [2.45, 2.75) is 12.3 Å². The lowest BCUT2D eigenvalue weighted by molar-refractivity contribution is -0.137. The fourth-order valence-electron chi connectivity index (χ4n) is 0.260. The van der Waals surface area contributed by atoms with Crippen LogP contribution in [0.1, 0.15) is 6.92 Å². The van der Waals surface area contributed by atoms with Crippen molar-refractivity contribution >= 4 is 23.4 Å². The summed E-state index contributed by atoms with van der Waals surface area (Å²) in [4.78, 5) is 25.0. The molecule has 1 unspecified atom stereocenters. The predicted octanol–water partition coefficient (Wildman–Crippen LogP) is -0.853. The summed E-state index contributed by atoms with van der Waals surface area (Å²) in [6.45, 7) is 1.12. The molecule has 0 aromatic carbocycles. The van der Waals surface area contributed by atoms with E-state index in [0.29, 0.717) is 0 Å². The van der Waals surface area contributed by atoms with E-state index in [0.717, 1.165) is 0 Å². The van der Waals surface area contributed by atoms with E-state index in [-0.39, 0.29) is 6.61 Å². The van der Waals surface area contributed by atoms with Crippen LogP contribution >= 0.6 is 11.6 Å². The molecule has 0 fully saturated rings. The molecule has 0 rings (SSSR count). The fraction of sp³-hybridized carbons (Fsp3) is 0.600. The van der Waals surface area contributed by atoms with Crippen LogP contribution in [0.2, 0.25) is 0 Å². The minimum Gasteiger partial charge on any atom is -0.368 e. The third kappa shape index (κ3) is 5.63. The van der Waals surface area contributed by atoms with E-state index in [1.807, 2.05) is 5.48 Å². The zero-order valence-corrected chi connectivity index (χ0v) is 6.72. The van der Waals surface area contributed by atoms with Gasteiger partial charge in [-0.2, -0.15) is 0 Å². The van der Waals surface area contributed by atoms with Crippen LogP contribution in [-0.2, 0) is 14.4 Å². The maximum Gasteiger partial charge on any atom is 0.261 e. The minimum absolute atomic E-state index is 0.352. The van der Waals surface area contributed by atoms with Crippen molar-refractivity contribution in [3.63, 3.8) is 0 Å². The van der Waals surface area contributed by atoms with E-state index >= 15 is 0 Å². The third-order valence-corrected chi connectivity index (χ3v) is 0.947. The Bertz CT molecular complexity index is 160. The number of alkyl halides is 1. The summed E-state index contributed by atoms with van der Waals surface area (Å²) >= 11 is 5.34. The lowest BCUT2D eigenvalue weighted by Crippen LogP contribution is -2.33. The van der Waals surface area contributed by atoms with Crippen molar-refractivity contribution < 1.29 is 14.4 Å². The first kappa shape index (κ1) is 10.2. The fourth-order valence-corrected chi connectivity index (χ4v) is 0.304. The van der Waals surface area contributed by atoms with Crippen LogP contribution in [0.4, 0.5) is 0 Å². The maximum atomic E-state index is 10.6. The highest BCUT2D eigenvalue weighted by Crippen LogP contribution is 1.91. The molecule has 0 aliphatic rings. The second-order valence-electron chi connectivity index (χ2n) is 1.84. The highest BCUT2D eigenvalue weighted by atomic mass is 35.5. The molecule has 0 aliphatic carbocycles. The van der Waals surface area contributed by atoms with Crippen LogP contribution in [-0.4, -0.2) is 23.8 Å². The van der Waals surface area contributed by atoms with Crippen molar-refractivity contribution in [3.8, 4) is 0 Å². The van der Waals surface area contributed by atoms with Crippen molar-refractivity contribution in [1.29, 1.82) is 0 Å². The second-order valence-corrected chi connectivity index (χ2v) is 2.49. The highest BCUT2D eigenvalue weighted by Gasteiger charge is 2.08. The van der Waals surface area contributed by atoms with Crippen LogP contribution in [0, 0.1) is 0 Å². The Morgan fingerprint density at radius 2 is 2.27 bits per heavy atom. The molecular weight excluding hydrogens is 172 g/mol. The minimum atomic E-state index is -0.692. The molecule has 0 aromatic heterocycles. The Kier molecular flexibility index (Phi) is 4.56. The summed E-state index contributed by atoms with van der Waals surface area (Å²) in [5.41, 5.74) is 6.65. The van der Waals surface area contributed by atoms with Crippen molar-refractivity contribution in [3.05, 3.63) is 0 Å². The molecule has 0 bridgehead atoms. The van der Waals surface area contributed by atoms with Crippen molar-refractivity contribution in [2.24, 2.45) is 5.73 Å². The summed E-state index contributed by atoms with van der Waals surface area (Å²) in [6, 6.07) is 0. The van der Waals surface area contributed by atoms with Gasteiger partial charge in [0.25, 0.3) is 5.91 Å². The zero-order chi connectivity index (χ0) is 8.85. The van der Waals surface area contributed by atoms with Gasteiger partial charge in [-0.15, -0.1) is 11.6 Å². The Labute approximate surface area is 68.8 Å². The molecule has 5 nitrogen and oxygen atoms in total. The summed E-state index contributed by atoms with van der Waals surface area (Å²) in [5, 5.41) is -0.692. The van der Waals surface area contributed by atoms with E-state index in [1.165, 1.54) is 6.92 Å². The quantitative estimate of drug-likeness (QED) is 0.437. The van der Waals surface area contributed by atoms with E-state index < -0.39 is 17.2 Å². The topological polar surface area (TPSA) is 81.4 Å². The van der Waals surface area contributed by atoms with Crippen LogP contribution < -0.4 is 11.2 Å². The smallest absolute Gasteiger partial charge is 0.261 e. The third-order valence-electron chi connectivity index (χ3n) is 0.748. The number of hydroxylamine groups is 1. The zero-order valence-electron chi connectivity index (χ0n) is 5.96. The average Bonchev–Trinajstić information content (AvgIpc) is 1.86. The molecule has 3 N–H and O–H groups in total. The Morgan fingerprint density at radius 1 is 1.73 bits per heavy atom. The average molecular weight is 181 g/mol. The normalized spacial score (nSPS) is 12.2. The molecule has 11 heavy (non-hydrogen) atoms.